The van der Waals surface area contributed by atoms with Crippen molar-refractivity contribution < 1.29 is 5.11 Å². The zero-order chi connectivity index (χ0) is 13.0. The summed E-state index contributed by atoms with van der Waals surface area (Å²) in [6, 6.07) is 5.99. The second-order valence-corrected chi connectivity index (χ2v) is 5.55. The molecule has 0 amide bonds. The van der Waals surface area contributed by atoms with Crippen molar-refractivity contribution in [2.24, 2.45) is 0 Å². The highest BCUT2D eigenvalue weighted by Crippen LogP contribution is 2.21. The lowest BCUT2D eigenvalue weighted by molar-refractivity contribution is 0.108. The van der Waals surface area contributed by atoms with E-state index in [4.69, 9.17) is 10.8 Å². The number of aliphatic hydroxyl groups excluding tert-OH is 1. The van der Waals surface area contributed by atoms with E-state index in [1.165, 1.54) is 5.56 Å². The van der Waals surface area contributed by atoms with Gasteiger partial charge in [-0.2, -0.15) is 0 Å². The Morgan fingerprint density at radius 2 is 1.83 bits per heavy atom. The summed E-state index contributed by atoms with van der Waals surface area (Å²) in [7, 11) is 0. The van der Waals surface area contributed by atoms with Crippen LogP contribution in [-0.2, 0) is 6.54 Å². The molecular weight excluding hydrogens is 294 g/mol. The van der Waals surface area contributed by atoms with Crippen molar-refractivity contribution in [3.63, 3.8) is 0 Å². The Bertz CT molecular complexity index is 392. The van der Waals surface area contributed by atoms with Crippen molar-refractivity contribution >= 4 is 21.6 Å². The molecular formula is C13H20BrN3O. The van der Waals surface area contributed by atoms with E-state index < -0.39 is 0 Å². The molecule has 0 saturated carbocycles. The minimum atomic E-state index is 0.253. The Morgan fingerprint density at radius 1 is 1.17 bits per heavy atom. The van der Waals surface area contributed by atoms with E-state index in [0.717, 1.165) is 49.4 Å². The molecule has 1 aromatic carbocycles. The van der Waals surface area contributed by atoms with Gasteiger partial charge in [0.15, 0.2) is 0 Å². The molecule has 4 nitrogen and oxygen atoms in total. The van der Waals surface area contributed by atoms with Crippen LogP contribution < -0.4 is 5.73 Å². The maximum atomic E-state index is 8.91. The highest BCUT2D eigenvalue weighted by atomic mass is 79.9. The van der Waals surface area contributed by atoms with Gasteiger partial charge in [-0.3, -0.25) is 9.80 Å². The van der Waals surface area contributed by atoms with Crippen LogP contribution in [0.2, 0.25) is 0 Å². The van der Waals surface area contributed by atoms with Crippen LogP contribution in [0.4, 0.5) is 5.69 Å². The number of hydrogen-bond acceptors (Lipinski definition) is 4. The predicted octanol–water partition coefficient (Wildman–Crippen LogP) is 1.14. The van der Waals surface area contributed by atoms with Gasteiger partial charge in [0.05, 0.1) is 6.61 Å². The molecule has 1 aromatic rings. The minimum absolute atomic E-state index is 0.253. The Hall–Kier alpha value is -0.620. The number of hydrogen-bond donors (Lipinski definition) is 2. The smallest absolute Gasteiger partial charge is 0.0558 e. The number of halogens is 1. The molecule has 1 aliphatic heterocycles. The molecule has 0 spiro atoms. The van der Waals surface area contributed by atoms with E-state index in [2.05, 4.69) is 31.8 Å². The number of rotatable bonds is 4. The summed E-state index contributed by atoms with van der Waals surface area (Å²) in [5, 5.41) is 8.91. The standard InChI is InChI=1S/C13H20BrN3O/c14-13-9-12(15)2-1-11(13)10-17-5-3-16(4-6-17)7-8-18/h1-2,9,18H,3-8,10,15H2. The summed E-state index contributed by atoms with van der Waals surface area (Å²) in [5.41, 5.74) is 7.81. The average Bonchev–Trinajstić information content (AvgIpc) is 2.35. The Balaban J connectivity index is 1.87. The summed E-state index contributed by atoms with van der Waals surface area (Å²) < 4.78 is 1.08. The van der Waals surface area contributed by atoms with Gasteiger partial charge in [0, 0.05) is 49.4 Å². The first-order valence-electron chi connectivity index (χ1n) is 6.28. The number of piperazine rings is 1. The number of benzene rings is 1. The lowest BCUT2D eigenvalue weighted by Crippen LogP contribution is -2.46. The average molecular weight is 314 g/mol. The second-order valence-electron chi connectivity index (χ2n) is 4.69. The lowest BCUT2D eigenvalue weighted by Gasteiger charge is -2.34. The van der Waals surface area contributed by atoms with E-state index in [0.29, 0.717) is 0 Å². The van der Waals surface area contributed by atoms with Crippen LogP contribution in [0.5, 0.6) is 0 Å². The van der Waals surface area contributed by atoms with Crippen LogP contribution in [0.15, 0.2) is 22.7 Å². The molecule has 0 aliphatic carbocycles. The first-order valence-corrected chi connectivity index (χ1v) is 7.08. The maximum absolute atomic E-state index is 8.91. The molecule has 0 aromatic heterocycles. The quantitative estimate of drug-likeness (QED) is 0.819. The van der Waals surface area contributed by atoms with Gasteiger partial charge in [-0.05, 0) is 17.7 Å². The van der Waals surface area contributed by atoms with E-state index in [1.54, 1.807) is 0 Å². The number of β-amino-alcohol motifs (C(OH)–C–C–N with tert-alkyl or cyclic N) is 1. The summed E-state index contributed by atoms with van der Waals surface area (Å²) in [6.07, 6.45) is 0. The van der Waals surface area contributed by atoms with Gasteiger partial charge >= 0.3 is 0 Å². The third kappa shape index (κ3) is 3.68. The molecule has 3 N–H and O–H groups in total. The molecule has 0 radical (unpaired) electrons. The van der Waals surface area contributed by atoms with Crippen LogP contribution in [-0.4, -0.2) is 54.2 Å². The van der Waals surface area contributed by atoms with Gasteiger partial charge in [-0.15, -0.1) is 0 Å². The molecule has 0 bridgehead atoms. The first kappa shape index (κ1) is 13.8. The largest absolute Gasteiger partial charge is 0.399 e. The van der Waals surface area contributed by atoms with E-state index >= 15 is 0 Å². The van der Waals surface area contributed by atoms with Crippen molar-refractivity contribution in [3.05, 3.63) is 28.2 Å². The fourth-order valence-electron chi connectivity index (χ4n) is 2.25. The highest BCUT2D eigenvalue weighted by Gasteiger charge is 2.16. The van der Waals surface area contributed by atoms with E-state index in [1.807, 2.05) is 12.1 Å². The summed E-state index contributed by atoms with van der Waals surface area (Å²) >= 11 is 3.56. The molecule has 5 heteroatoms. The van der Waals surface area contributed by atoms with Gasteiger partial charge in [0.2, 0.25) is 0 Å². The van der Waals surface area contributed by atoms with Crippen LogP contribution in [0.25, 0.3) is 0 Å². The molecule has 1 heterocycles. The Kier molecular flexibility index (Phi) is 5.00. The van der Waals surface area contributed by atoms with E-state index in [9.17, 15) is 0 Å². The number of anilines is 1. The first-order chi connectivity index (χ1) is 8.69. The van der Waals surface area contributed by atoms with Gasteiger partial charge in [0.25, 0.3) is 0 Å². The molecule has 2 rings (SSSR count). The number of aliphatic hydroxyl groups is 1. The maximum Gasteiger partial charge on any atom is 0.0558 e. The highest BCUT2D eigenvalue weighted by molar-refractivity contribution is 9.10. The van der Waals surface area contributed by atoms with Crippen LogP contribution in [0, 0.1) is 0 Å². The molecule has 18 heavy (non-hydrogen) atoms. The predicted molar refractivity (Wildman–Crippen MR) is 77.4 cm³/mol. The monoisotopic (exact) mass is 313 g/mol. The summed E-state index contributed by atoms with van der Waals surface area (Å²) in [4.78, 5) is 4.73. The Morgan fingerprint density at radius 3 is 2.44 bits per heavy atom. The normalized spacial score (nSPS) is 18.1. The lowest BCUT2D eigenvalue weighted by atomic mass is 10.2. The fraction of sp³-hybridized carbons (Fsp3) is 0.538. The van der Waals surface area contributed by atoms with Gasteiger partial charge in [-0.25, -0.2) is 0 Å². The topological polar surface area (TPSA) is 52.7 Å². The summed E-state index contributed by atoms with van der Waals surface area (Å²) in [6.45, 7) is 6.17. The fourth-order valence-corrected chi connectivity index (χ4v) is 2.77. The SMILES string of the molecule is Nc1ccc(CN2CCN(CCO)CC2)c(Br)c1. The third-order valence-electron chi connectivity index (χ3n) is 3.35. The number of nitrogen functional groups attached to an aromatic ring is 1. The Labute approximate surface area is 117 Å². The minimum Gasteiger partial charge on any atom is -0.399 e. The molecule has 0 unspecified atom stereocenters. The van der Waals surface area contributed by atoms with Crippen molar-refractivity contribution in [3.8, 4) is 0 Å². The number of nitrogens with two attached hydrogens (primary N) is 1. The third-order valence-corrected chi connectivity index (χ3v) is 4.09. The number of nitrogens with zero attached hydrogens (tertiary/aromatic N) is 2. The van der Waals surface area contributed by atoms with Crippen LogP contribution in [0.1, 0.15) is 5.56 Å². The van der Waals surface area contributed by atoms with Gasteiger partial charge < -0.3 is 10.8 Å². The van der Waals surface area contributed by atoms with Crippen molar-refractivity contribution in [1.82, 2.24) is 9.80 Å². The van der Waals surface area contributed by atoms with Crippen LogP contribution >= 0.6 is 15.9 Å². The molecule has 100 valence electrons. The van der Waals surface area contributed by atoms with Gasteiger partial charge in [0.1, 0.15) is 0 Å². The molecule has 1 aliphatic rings. The van der Waals surface area contributed by atoms with Gasteiger partial charge in [-0.1, -0.05) is 22.0 Å². The van der Waals surface area contributed by atoms with Crippen molar-refractivity contribution in [2.75, 3.05) is 45.1 Å². The zero-order valence-electron chi connectivity index (χ0n) is 10.5. The van der Waals surface area contributed by atoms with Crippen molar-refractivity contribution in [2.45, 2.75) is 6.54 Å². The molecule has 1 fully saturated rings. The molecule has 0 atom stereocenters. The zero-order valence-corrected chi connectivity index (χ0v) is 12.1. The summed E-state index contributed by atoms with van der Waals surface area (Å²) in [5.74, 6) is 0. The van der Waals surface area contributed by atoms with E-state index in [-0.39, 0.29) is 6.61 Å². The van der Waals surface area contributed by atoms with Crippen LogP contribution in [0.3, 0.4) is 0 Å². The van der Waals surface area contributed by atoms with Crippen molar-refractivity contribution in [1.29, 1.82) is 0 Å². The molecule has 1 saturated heterocycles. The second kappa shape index (κ2) is 6.52.